The lowest BCUT2D eigenvalue weighted by Crippen LogP contribution is -2.15. The first kappa shape index (κ1) is 20.9. The van der Waals surface area contributed by atoms with Crippen LogP contribution in [0.2, 0.25) is 5.02 Å². The Balaban J connectivity index is 1.92. The van der Waals surface area contributed by atoms with E-state index in [-0.39, 0.29) is 15.6 Å². The molecule has 29 heavy (non-hydrogen) atoms. The zero-order chi connectivity index (χ0) is 21.0. The van der Waals surface area contributed by atoms with E-state index in [1.165, 1.54) is 12.1 Å². The summed E-state index contributed by atoms with van der Waals surface area (Å²) in [4.78, 5) is 11.7. The van der Waals surface area contributed by atoms with Crippen molar-refractivity contribution in [1.29, 1.82) is 0 Å². The predicted octanol–water partition coefficient (Wildman–Crippen LogP) is 5.74. The van der Waals surface area contributed by atoms with Gasteiger partial charge in [-0.3, -0.25) is 4.72 Å². The molecule has 0 atom stereocenters. The molecule has 2 aromatic carbocycles. The zero-order valence-corrected chi connectivity index (χ0v) is 17.5. The van der Waals surface area contributed by atoms with Gasteiger partial charge in [-0.2, -0.15) is 0 Å². The minimum absolute atomic E-state index is 0.0522. The van der Waals surface area contributed by atoms with Gasteiger partial charge in [-0.25, -0.2) is 13.2 Å². The van der Waals surface area contributed by atoms with Crippen LogP contribution in [-0.4, -0.2) is 19.7 Å². The lowest BCUT2D eigenvalue weighted by atomic mass is 10.2. The summed E-state index contributed by atoms with van der Waals surface area (Å²) in [5, 5.41) is 9.52. The molecule has 150 valence electrons. The van der Waals surface area contributed by atoms with Gasteiger partial charge in [-0.05, 0) is 48.4 Å². The first-order valence-electron chi connectivity index (χ1n) is 8.31. The number of rotatable bonds is 6. The highest BCUT2D eigenvalue weighted by atomic mass is 35.5. The average Bonchev–Trinajstić information content (AvgIpc) is 3.01. The number of nitrogens with one attached hydrogen (secondary N) is 1. The summed E-state index contributed by atoms with van der Waals surface area (Å²) in [6, 6.07) is 15.2. The highest BCUT2D eigenvalue weighted by molar-refractivity contribution is 7.92. The second-order valence-corrected chi connectivity index (χ2v) is 9.11. The van der Waals surface area contributed by atoms with Gasteiger partial charge in [0.25, 0.3) is 10.0 Å². The molecule has 0 fully saturated rings. The van der Waals surface area contributed by atoms with Crippen LogP contribution in [0.5, 0.6) is 5.06 Å². The molecule has 1 aromatic heterocycles. The summed E-state index contributed by atoms with van der Waals surface area (Å²) < 4.78 is 32.7. The van der Waals surface area contributed by atoms with Gasteiger partial charge >= 0.3 is 6.16 Å². The maximum absolute atomic E-state index is 12.7. The minimum atomic E-state index is -3.92. The molecule has 0 aliphatic heterocycles. The highest BCUT2D eigenvalue weighted by Gasteiger charge is 2.21. The highest BCUT2D eigenvalue weighted by Crippen LogP contribution is 2.38. The number of thiophene rings is 1. The minimum Gasteiger partial charge on any atom is -0.449 e. The number of ether oxygens (including phenoxy) is 1. The molecule has 0 saturated carbocycles. The van der Waals surface area contributed by atoms with Crippen LogP contribution in [0.4, 0.5) is 10.5 Å². The van der Waals surface area contributed by atoms with Crippen LogP contribution in [0.1, 0.15) is 16.0 Å². The predicted molar refractivity (Wildman–Crippen MR) is 115 cm³/mol. The first-order valence-corrected chi connectivity index (χ1v) is 11.0. The largest absolute Gasteiger partial charge is 0.512 e. The summed E-state index contributed by atoms with van der Waals surface area (Å²) in [7, 11) is -3.92. The second-order valence-electron chi connectivity index (χ2n) is 5.97. The maximum Gasteiger partial charge on any atom is 0.512 e. The number of anilines is 1. The van der Waals surface area contributed by atoms with Crippen molar-refractivity contribution in [2.45, 2.75) is 11.8 Å². The van der Waals surface area contributed by atoms with E-state index in [0.29, 0.717) is 15.5 Å². The molecule has 3 aromatic rings. The Morgan fingerprint density at radius 1 is 1.14 bits per heavy atom. The number of carbonyl (C=O) groups is 1. The number of hydrogen-bond acceptors (Lipinski definition) is 5. The summed E-state index contributed by atoms with van der Waals surface area (Å²) in [6.45, 7) is 1.68. The van der Waals surface area contributed by atoms with Gasteiger partial charge in [-0.15, -0.1) is 0 Å². The molecule has 0 bridgehead atoms. The first-order chi connectivity index (χ1) is 13.7. The van der Waals surface area contributed by atoms with Crippen LogP contribution < -0.4 is 9.46 Å². The van der Waals surface area contributed by atoms with E-state index in [1.54, 1.807) is 49.4 Å². The molecule has 0 saturated heterocycles. The van der Waals surface area contributed by atoms with Crippen LogP contribution in [0.3, 0.4) is 0 Å². The molecule has 3 rings (SSSR count). The van der Waals surface area contributed by atoms with Gasteiger partial charge < -0.3 is 9.84 Å². The molecule has 0 aliphatic carbocycles. The molecule has 0 unspecified atom stereocenters. The molecule has 0 aliphatic rings. The van der Waals surface area contributed by atoms with E-state index in [0.717, 1.165) is 16.9 Å². The third-order valence-electron chi connectivity index (χ3n) is 3.83. The van der Waals surface area contributed by atoms with Gasteiger partial charge in [0.15, 0.2) is 0 Å². The van der Waals surface area contributed by atoms with Crippen molar-refractivity contribution in [3.05, 3.63) is 75.6 Å². The number of hydrogen-bond donors (Lipinski definition) is 2. The molecule has 6 nitrogen and oxygen atoms in total. The van der Waals surface area contributed by atoms with E-state index >= 15 is 0 Å². The standard InChI is InChI=1S/C20H16ClNO5S2/c1-13-4-2-3-5-18(13)29(25,26)22-17-12-16(28-19(17)27-20(23)24)11-8-14-6-9-15(21)10-7-14/h2-12,22H,1H3,(H,23,24). The van der Waals surface area contributed by atoms with Crippen molar-refractivity contribution in [1.82, 2.24) is 0 Å². The summed E-state index contributed by atoms with van der Waals surface area (Å²) in [5.74, 6) is 0. The Hall–Kier alpha value is -2.81. The SMILES string of the molecule is Cc1ccccc1S(=O)(=O)Nc1cc(C=Cc2ccc(Cl)cc2)sc1OC(=O)O. The number of halogens is 1. The van der Waals surface area contributed by atoms with E-state index in [2.05, 4.69) is 4.72 Å². The van der Waals surface area contributed by atoms with Crippen LogP contribution in [0, 0.1) is 6.92 Å². The molecule has 1 heterocycles. The molecular formula is C20H16ClNO5S2. The van der Waals surface area contributed by atoms with Crippen molar-refractivity contribution in [2.24, 2.45) is 0 Å². The third kappa shape index (κ3) is 5.38. The van der Waals surface area contributed by atoms with Crippen molar-refractivity contribution < 1.29 is 23.1 Å². The lowest BCUT2D eigenvalue weighted by Gasteiger charge is -2.10. The second kappa shape index (κ2) is 8.69. The monoisotopic (exact) mass is 449 g/mol. The van der Waals surface area contributed by atoms with Crippen molar-refractivity contribution in [3.63, 3.8) is 0 Å². The fraction of sp³-hybridized carbons (Fsp3) is 0.0500. The van der Waals surface area contributed by atoms with E-state index < -0.39 is 16.2 Å². The molecule has 0 spiro atoms. The van der Waals surface area contributed by atoms with Gasteiger partial charge in [0, 0.05) is 9.90 Å². The van der Waals surface area contributed by atoms with Crippen LogP contribution in [-0.2, 0) is 10.0 Å². The Kier molecular flexibility index (Phi) is 6.26. The molecule has 0 amide bonds. The fourth-order valence-corrected chi connectivity index (χ4v) is 4.86. The maximum atomic E-state index is 12.7. The smallest absolute Gasteiger partial charge is 0.449 e. The van der Waals surface area contributed by atoms with E-state index in [1.807, 2.05) is 12.1 Å². The molecule has 9 heteroatoms. The van der Waals surface area contributed by atoms with Crippen LogP contribution in [0.15, 0.2) is 59.5 Å². The Morgan fingerprint density at radius 3 is 2.48 bits per heavy atom. The number of aryl methyl sites for hydroxylation is 1. The third-order valence-corrected chi connectivity index (χ3v) is 6.59. The normalized spacial score (nSPS) is 11.5. The van der Waals surface area contributed by atoms with Gasteiger partial charge in [0.05, 0.1) is 4.90 Å². The van der Waals surface area contributed by atoms with Gasteiger partial charge in [0.2, 0.25) is 5.06 Å². The molecular weight excluding hydrogens is 434 g/mol. The van der Waals surface area contributed by atoms with Crippen LogP contribution in [0.25, 0.3) is 12.2 Å². The Bertz CT molecular complexity index is 1170. The number of benzene rings is 2. The summed E-state index contributed by atoms with van der Waals surface area (Å²) in [6.07, 6.45) is 2.00. The van der Waals surface area contributed by atoms with Crippen molar-refractivity contribution >= 4 is 57.0 Å². The van der Waals surface area contributed by atoms with E-state index in [9.17, 15) is 13.2 Å². The van der Waals surface area contributed by atoms with Crippen molar-refractivity contribution in [2.75, 3.05) is 4.72 Å². The Morgan fingerprint density at radius 2 is 1.83 bits per heavy atom. The van der Waals surface area contributed by atoms with Crippen LogP contribution >= 0.6 is 22.9 Å². The zero-order valence-electron chi connectivity index (χ0n) is 15.1. The molecule has 2 N–H and O–H groups in total. The van der Waals surface area contributed by atoms with Gasteiger partial charge in [0.1, 0.15) is 5.69 Å². The average molecular weight is 450 g/mol. The fourth-order valence-electron chi connectivity index (χ4n) is 2.51. The Labute approximate surface area is 177 Å². The topological polar surface area (TPSA) is 92.7 Å². The summed E-state index contributed by atoms with van der Waals surface area (Å²) >= 11 is 6.87. The number of carboxylic acid groups (broad SMARTS) is 1. The molecule has 0 radical (unpaired) electrons. The van der Waals surface area contributed by atoms with Crippen molar-refractivity contribution in [3.8, 4) is 5.06 Å². The van der Waals surface area contributed by atoms with E-state index in [4.69, 9.17) is 21.4 Å². The number of sulfonamides is 1. The van der Waals surface area contributed by atoms with Gasteiger partial charge in [-0.1, -0.05) is 59.3 Å². The lowest BCUT2D eigenvalue weighted by molar-refractivity contribution is 0.146. The quantitative estimate of drug-likeness (QED) is 0.468. The summed E-state index contributed by atoms with van der Waals surface area (Å²) in [5.41, 5.74) is 1.50.